The Morgan fingerprint density at radius 3 is 2.66 bits per heavy atom. The van der Waals surface area contributed by atoms with Gasteiger partial charge in [-0.1, -0.05) is 6.07 Å². The van der Waals surface area contributed by atoms with Crippen LogP contribution < -0.4 is 11.5 Å². The van der Waals surface area contributed by atoms with Crippen LogP contribution in [0.4, 0.5) is 5.82 Å². The highest BCUT2D eigenvalue weighted by Crippen LogP contribution is 2.31. The Hall–Kier alpha value is -2.72. The molecule has 0 bridgehead atoms. The number of fused-ring (bicyclic) bond motifs is 1. The number of pyridine rings is 1. The Bertz CT molecular complexity index is 1070. The minimum Gasteiger partial charge on any atom is -0.459 e. The van der Waals surface area contributed by atoms with Crippen LogP contribution >= 0.6 is 0 Å². The van der Waals surface area contributed by atoms with Gasteiger partial charge in [-0.2, -0.15) is 9.30 Å². The Kier molecular flexibility index (Phi) is 5.50. The van der Waals surface area contributed by atoms with E-state index < -0.39 is 27.6 Å². The maximum atomic E-state index is 13.3. The van der Waals surface area contributed by atoms with Crippen LogP contribution in [0.2, 0.25) is 0 Å². The van der Waals surface area contributed by atoms with Crippen molar-refractivity contribution in [1.82, 2.24) is 9.29 Å². The topological polar surface area (TPSA) is 141 Å². The SMILES string of the molecule is CC(C)(C)OC(=O)C1CCCN1S(=O)(=O)c1ccc2ccnc(N=C(N)N)c2c1. The van der Waals surface area contributed by atoms with E-state index in [1.54, 1.807) is 32.9 Å². The van der Waals surface area contributed by atoms with Crippen LogP contribution in [0.25, 0.3) is 10.8 Å². The first-order valence-electron chi connectivity index (χ1n) is 9.22. The number of nitrogens with zero attached hydrogens (tertiary/aromatic N) is 3. The second kappa shape index (κ2) is 7.60. The molecule has 0 saturated carbocycles. The summed E-state index contributed by atoms with van der Waals surface area (Å²) in [5, 5.41) is 1.24. The van der Waals surface area contributed by atoms with Gasteiger partial charge in [0.05, 0.1) is 4.90 Å². The summed E-state index contributed by atoms with van der Waals surface area (Å²) in [6.45, 7) is 5.50. The lowest BCUT2D eigenvalue weighted by Crippen LogP contribution is -2.43. The summed E-state index contributed by atoms with van der Waals surface area (Å²) in [5.74, 6) is -0.491. The number of carbonyl (C=O) groups excluding carboxylic acids is 1. The Labute approximate surface area is 169 Å². The first kappa shape index (κ1) is 21.0. The van der Waals surface area contributed by atoms with Crippen LogP contribution in [0.1, 0.15) is 33.6 Å². The highest BCUT2D eigenvalue weighted by molar-refractivity contribution is 7.89. The number of esters is 1. The third kappa shape index (κ3) is 4.48. The largest absolute Gasteiger partial charge is 0.459 e. The number of carbonyl (C=O) groups is 1. The molecular weight excluding hydrogens is 394 g/mol. The molecule has 1 saturated heterocycles. The molecule has 1 aromatic heterocycles. The molecule has 2 heterocycles. The van der Waals surface area contributed by atoms with Gasteiger partial charge in [-0.15, -0.1) is 0 Å². The van der Waals surface area contributed by atoms with Crippen LogP contribution in [0.15, 0.2) is 40.4 Å². The molecule has 0 radical (unpaired) electrons. The van der Waals surface area contributed by atoms with Gasteiger partial charge in [0.1, 0.15) is 11.6 Å². The highest BCUT2D eigenvalue weighted by Gasteiger charge is 2.41. The maximum Gasteiger partial charge on any atom is 0.324 e. The van der Waals surface area contributed by atoms with E-state index in [1.807, 2.05) is 0 Å². The fraction of sp³-hybridized carbons (Fsp3) is 0.421. The van der Waals surface area contributed by atoms with E-state index in [4.69, 9.17) is 16.2 Å². The van der Waals surface area contributed by atoms with Crippen molar-refractivity contribution < 1.29 is 17.9 Å². The van der Waals surface area contributed by atoms with Crippen molar-refractivity contribution >= 4 is 38.5 Å². The molecular formula is C19H25N5O4S. The molecule has 9 nitrogen and oxygen atoms in total. The number of benzene rings is 1. The molecule has 1 aliphatic heterocycles. The molecule has 1 fully saturated rings. The van der Waals surface area contributed by atoms with Gasteiger partial charge in [-0.3, -0.25) is 4.79 Å². The Morgan fingerprint density at radius 1 is 1.28 bits per heavy atom. The molecule has 1 aromatic carbocycles. The zero-order chi connectivity index (χ0) is 21.4. The second-order valence-corrected chi connectivity index (χ2v) is 9.75. The van der Waals surface area contributed by atoms with E-state index in [1.165, 1.54) is 22.6 Å². The quantitative estimate of drug-likeness (QED) is 0.436. The van der Waals surface area contributed by atoms with Gasteiger partial charge in [0, 0.05) is 18.1 Å². The van der Waals surface area contributed by atoms with E-state index in [-0.39, 0.29) is 23.2 Å². The number of nitrogens with two attached hydrogens (primary N) is 2. The van der Waals surface area contributed by atoms with E-state index >= 15 is 0 Å². The van der Waals surface area contributed by atoms with Crippen LogP contribution in [0, 0.1) is 0 Å². The lowest BCUT2D eigenvalue weighted by molar-refractivity contribution is -0.158. The molecule has 29 heavy (non-hydrogen) atoms. The number of ether oxygens (including phenoxy) is 1. The standard InChI is InChI=1S/C19H25N5O4S/c1-19(2,3)28-17(25)15-5-4-10-24(15)29(26,27)13-7-6-12-8-9-22-16(14(12)11-13)23-18(20)21/h6-9,11,15H,4-5,10H2,1-3H3,(H4,20,21,22,23). The van der Waals surface area contributed by atoms with Crippen molar-refractivity contribution in [2.45, 2.75) is 50.2 Å². The normalized spacial score (nSPS) is 18.0. The Morgan fingerprint density at radius 2 is 2.00 bits per heavy atom. The zero-order valence-corrected chi connectivity index (χ0v) is 17.4. The van der Waals surface area contributed by atoms with Crippen molar-refractivity contribution in [2.75, 3.05) is 6.54 Å². The van der Waals surface area contributed by atoms with Gasteiger partial charge < -0.3 is 16.2 Å². The molecule has 1 atom stereocenters. The van der Waals surface area contributed by atoms with E-state index in [0.717, 1.165) is 5.39 Å². The van der Waals surface area contributed by atoms with Crippen LogP contribution in [-0.4, -0.2) is 47.8 Å². The summed E-state index contributed by atoms with van der Waals surface area (Å²) >= 11 is 0. The summed E-state index contributed by atoms with van der Waals surface area (Å²) in [5.41, 5.74) is 10.2. The number of hydrogen-bond acceptors (Lipinski definition) is 6. The fourth-order valence-electron chi connectivity index (χ4n) is 3.27. The van der Waals surface area contributed by atoms with Crippen molar-refractivity contribution in [3.8, 4) is 0 Å². The molecule has 3 rings (SSSR count). The predicted molar refractivity (Wildman–Crippen MR) is 110 cm³/mol. The smallest absolute Gasteiger partial charge is 0.324 e. The maximum absolute atomic E-state index is 13.3. The minimum absolute atomic E-state index is 0.0421. The third-order valence-electron chi connectivity index (χ3n) is 4.44. The number of rotatable bonds is 4. The molecule has 10 heteroatoms. The summed E-state index contributed by atoms with van der Waals surface area (Å²) in [6, 6.07) is 5.53. The van der Waals surface area contributed by atoms with Gasteiger partial charge in [-0.05, 0) is 57.2 Å². The second-order valence-electron chi connectivity index (χ2n) is 7.86. The van der Waals surface area contributed by atoms with Crippen LogP contribution in [0.3, 0.4) is 0 Å². The molecule has 1 aliphatic rings. The first-order chi connectivity index (χ1) is 13.5. The lowest BCUT2D eigenvalue weighted by Gasteiger charge is -2.27. The minimum atomic E-state index is -3.93. The van der Waals surface area contributed by atoms with Crippen molar-refractivity contribution in [3.63, 3.8) is 0 Å². The Balaban J connectivity index is 2.01. The average molecular weight is 420 g/mol. The lowest BCUT2D eigenvalue weighted by atomic mass is 10.1. The van der Waals surface area contributed by atoms with Crippen LogP contribution in [0.5, 0.6) is 0 Å². The van der Waals surface area contributed by atoms with E-state index in [9.17, 15) is 13.2 Å². The first-order valence-corrected chi connectivity index (χ1v) is 10.7. The van der Waals surface area contributed by atoms with Gasteiger partial charge in [-0.25, -0.2) is 13.4 Å². The average Bonchev–Trinajstić information content (AvgIpc) is 3.10. The van der Waals surface area contributed by atoms with Crippen molar-refractivity contribution in [3.05, 3.63) is 30.5 Å². The number of aliphatic imine (C=N–C) groups is 1. The molecule has 4 N–H and O–H groups in total. The highest BCUT2D eigenvalue weighted by atomic mass is 32.2. The number of guanidine groups is 1. The zero-order valence-electron chi connectivity index (χ0n) is 16.6. The molecule has 1 unspecified atom stereocenters. The van der Waals surface area contributed by atoms with Gasteiger partial charge in [0.15, 0.2) is 11.8 Å². The van der Waals surface area contributed by atoms with Gasteiger partial charge in [0.2, 0.25) is 10.0 Å². The summed E-state index contributed by atoms with van der Waals surface area (Å²) in [6.07, 6.45) is 2.54. The molecule has 0 spiro atoms. The van der Waals surface area contributed by atoms with Gasteiger partial charge >= 0.3 is 5.97 Å². The number of hydrogen-bond donors (Lipinski definition) is 2. The predicted octanol–water partition coefficient (Wildman–Crippen LogP) is 1.63. The van der Waals surface area contributed by atoms with Crippen LogP contribution in [-0.2, 0) is 19.6 Å². The van der Waals surface area contributed by atoms with E-state index in [2.05, 4.69) is 9.98 Å². The third-order valence-corrected chi connectivity index (χ3v) is 6.34. The molecule has 2 aromatic rings. The molecule has 0 amide bonds. The fourth-order valence-corrected chi connectivity index (χ4v) is 4.95. The van der Waals surface area contributed by atoms with Crippen molar-refractivity contribution in [2.24, 2.45) is 16.5 Å². The van der Waals surface area contributed by atoms with Gasteiger partial charge in [0.25, 0.3) is 0 Å². The van der Waals surface area contributed by atoms with Crippen molar-refractivity contribution in [1.29, 1.82) is 0 Å². The number of sulfonamides is 1. The number of aromatic nitrogens is 1. The van der Waals surface area contributed by atoms with E-state index in [0.29, 0.717) is 18.2 Å². The molecule has 156 valence electrons. The summed E-state index contributed by atoms with van der Waals surface area (Å²) in [7, 11) is -3.93. The summed E-state index contributed by atoms with van der Waals surface area (Å²) < 4.78 is 33.2. The summed E-state index contributed by atoms with van der Waals surface area (Å²) in [4.78, 5) is 20.7. The monoisotopic (exact) mass is 419 g/mol. The molecule has 0 aliphatic carbocycles.